The molecule has 172 valence electrons. The Balaban J connectivity index is 1.19. The molecule has 32 heavy (non-hydrogen) atoms. The van der Waals surface area contributed by atoms with Gasteiger partial charge in [0, 0.05) is 0 Å². The predicted octanol–water partition coefficient (Wildman–Crippen LogP) is 9.14. The molecule has 0 N–H and O–H groups in total. The van der Waals surface area contributed by atoms with E-state index in [1.165, 1.54) is 88.3 Å². The Morgan fingerprint density at radius 2 is 1.25 bits per heavy atom. The maximum absolute atomic E-state index is 13.5. The van der Waals surface area contributed by atoms with Crippen LogP contribution in [0.1, 0.15) is 76.2 Å². The number of aryl methyl sites for hydroxylation is 1. The SMILES string of the molecule is C=CCCC1CCC(C2CCC(CCc3ccc(-c4ccc(F)c(F)c4)cc3)CC2)CC1. The highest BCUT2D eigenvalue weighted by Crippen LogP contribution is 2.43. The third-order valence-electron chi connectivity index (χ3n) is 8.28. The van der Waals surface area contributed by atoms with Crippen LogP contribution in [0.2, 0.25) is 0 Å². The summed E-state index contributed by atoms with van der Waals surface area (Å²) in [6, 6.07) is 12.5. The molecule has 0 heterocycles. The minimum atomic E-state index is -0.795. The minimum absolute atomic E-state index is 0.725. The molecule has 0 aromatic heterocycles. The first-order valence-corrected chi connectivity index (χ1v) is 12.8. The van der Waals surface area contributed by atoms with Gasteiger partial charge in [0.05, 0.1) is 0 Å². The first-order valence-electron chi connectivity index (χ1n) is 12.8. The largest absolute Gasteiger partial charge is 0.204 e. The van der Waals surface area contributed by atoms with Gasteiger partial charge in [-0.25, -0.2) is 8.78 Å². The number of halogens is 2. The van der Waals surface area contributed by atoms with Gasteiger partial charge in [0.25, 0.3) is 0 Å². The van der Waals surface area contributed by atoms with Crippen LogP contribution in [0.5, 0.6) is 0 Å². The van der Waals surface area contributed by atoms with Crippen molar-refractivity contribution in [3.63, 3.8) is 0 Å². The van der Waals surface area contributed by atoms with E-state index in [0.717, 1.165) is 41.2 Å². The molecule has 2 aliphatic carbocycles. The van der Waals surface area contributed by atoms with E-state index in [1.54, 1.807) is 6.07 Å². The zero-order valence-electron chi connectivity index (χ0n) is 19.4. The summed E-state index contributed by atoms with van der Waals surface area (Å²) >= 11 is 0. The summed E-state index contributed by atoms with van der Waals surface area (Å²) in [6.07, 6.45) is 18.5. The summed E-state index contributed by atoms with van der Waals surface area (Å²) in [6.45, 7) is 3.87. The number of hydrogen-bond acceptors (Lipinski definition) is 0. The monoisotopic (exact) mass is 436 g/mol. The molecule has 2 heteroatoms. The molecular formula is C30H38F2. The zero-order valence-corrected chi connectivity index (χ0v) is 19.4. The number of allylic oxidation sites excluding steroid dienone is 1. The summed E-state index contributed by atoms with van der Waals surface area (Å²) in [5.74, 6) is 2.19. The first kappa shape index (κ1) is 23.2. The van der Waals surface area contributed by atoms with Crippen LogP contribution in [-0.4, -0.2) is 0 Å². The van der Waals surface area contributed by atoms with Crippen molar-refractivity contribution in [2.24, 2.45) is 23.7 Å². The van der Waals surface area contributed by atoms with E-state index in [-0.39, 0.29) is 0 Å². The molecule has 2 aromatic rings. The third kappa shape index (κ3) is 6.09. The van der Waals surface area contributed by atoms with Gasteiger partial charge in [0.2, 0.25) is 0 Å². The van der Waals surface area contributed by atoms with Gasteiger partial charge in [-0.05, 0) is 104 Å². The van der Waals surface area contributed by atoms with Crippen LogP contribution in [0.3, 0.4) is 0 Å². The normalized spacial score (nSPS) is 26.1. The molecule has 0 aliphatic heterocycles. The van der Waals surface area contributed by atoms with E-state index in [1.807, 2.05) is 12.1 Å². The van der Waals surface area contributed by atoms with Crippen molar-refractivity contribution in [3.8, 4) is 11.1 Å². The second kappa shape index (κ2) is 11.3. The van der Waals surface area contributed by atoms with Crippen molar-refractivity contribution in [1.82, 2.24) is 0 Å². The molecule has 0 nitrogen and oxygen atoms in total. The second-order valence-electron chi connectivity index (χ2n) is 10.3. The van der Waals surface area contributed by atoms with Crippen molar-refractivity contribution in [3.05, 3.63) is 72.3 Å². The van der Waals surface area contributed by atoms with Crippen LogP contribution in [0, 0.1) is 35.3 Å². The Kier molecular flexibility index (Phi) is 8.16. The van der Waals surface area contributed by atoms with Gasteiger partial charge in [-0.1, -0.05) is 62.1 Å². The summed E-state index contributed by atoms with van der Waals surface area (Å²) in [7, 11) is 0. The van der Waals surface area contributed by atoms with E-state index >= 15 is 0 Å². The lowest BCUT2D eigenvalue weighted by molar-refractivity contribution is 0.141. The van der Waals surface area contributed by atoms with E-state index in [0.29, 0.717) is 0 Å². The van der Waals surface area contributed by atoms with Crippen LogP contribution < -0.4 is 0 Å². The highest BCUT2D eigenvalue weighted by molar-refractivity contribution is 5.63. The first-order chi connectivity index (χ1) is 15.6. The molecule has 0 radical (unpaired) electrons. The molecule has 2 aromatic carbocycles. The van der Waals surface area contributed by atoms with E-state index < -0.39 is 11.6 Å². The van der Waals surface area contributed by atoms with Gasteiger partial charge in [-0.15, -0.1) is 6.58 Å². The van der Waals surface area contributed by atoms with E-state index in [2.05, 4.69) is 24.8 Å². The third-order valence-corrected chi connectivity index (χ3v) is 8.28. The van der Waals surface area contributed by atoms with Gasteiger partial charge in [-0.3, -0.25) is 0 Å². The average Bonchev–Trinajstić information content (AvgIpc) is 2.84. The maximum Gasteiger partial charge on any atom is 0.159 e. The number of rotatable bonds is 8. The van der Waals surface area contributed by atoms with Crippen molar-refractivity contribution in [1.29, 1.82) is 0 Å². The van der Waals surface area contributed by atoms with Crippen molar-refractivity contribution < 1.29 is 8.78 Å². The molecule has 0 atom stereocenters. The lowest BCUT2D eigenvalue weighted by Gasteiger charge is -2.38. The molecule has 2 fully saturated rings. The molecular weight excluding hydrogens is 398 g/mol. The smallest absolute Gasteiger partial charge is 0.159 e. The Morgan fingerprint density at radius 3 is 1.81 bits per heavy atom. The van der Waals surface area contributed by atoms with Gasteiger partial charge in [0.1, 0.15) is 0 Å². The Morgan fingerprint density at radius 1 is 0.688 bits per heavy atom. The summed E-state index contributed by atoms with van der Waals surface area (Å²) in [5, 5.41) is 0. The topological polar surface area (TPSA) is 0 Å². The molecule has 0 spiro atoms. The minimum Gasteiger partial charge on any atom is -0.204 e. The average molecular weight is 437 g/mol. The molecule has 2 aliphatic rings. The van der Waals surface area contributed by atoms with E-state index in [9.17, 15) is 8.78 Å². The lowest BCUT2D eigenvalue weighted by atomic mass is 9.68. The van der Waals surface area contributed by atoms with Gasteiger partial charge >= 0.3 is 0 Å². The molecule has 0 unspecified atom stereocenters. The lowest BCUT2D eigenvalue weighted by Crippen LogP contribution is -2.26. The quantitative estimate of drug-likeness (QED) is 0.362. The maximum atomic E-state index is 13.5. The number of hydrogen-bond donors (Lipinski definition) is 0. The van der Waals surface area contributed by atoms with Crippen molar-refractivity contribution in [2.45, 2.75) is 77.0 Å². The van der Waals surface area contributed by atoms with Gasteiger partial charge < -0.3 is 0 Å². The summed E-state index contributed by atoms with van der Waals surface area (Å²) < 4.78 is 26.7. The Hall–Kier alpha value is -1.96. The Labute approximate surface area is 193 Å². The van der Waals surface area contributed by atoms with Crippen LogP contribution in [0.25, 0.3) is 11.1 Å². The van der Waals surface area contributed by atoms with Crippen LogP contribution in [0.15, 0.2) is 55.1 Å². The van der Waals surface area contributed by atoms with Crippen molar-refractivity contribution >= 4 is 0 Å². The van der Waals surface area contributed by atoms with Crippen LogP contribution >= 0.6 is 0 Å². The predicted molar refractivity (Wildman–Crippen MR) is 130 cm³/mol. The molecule has 0 bridgehead atoms. The molecule has 0 amide bonds. The zero-order chi connectivity index (χ0) is 22.3. The van der Waals surface area contributed by atoms with Crippen molar-refractivity contribution in [2.75, 3.05) is 0 Å². The van der Waals surface area contributed by atoms with E-state index in [4.69, 9.17) is 0 Å². The van der Waals surface area contributed by atoms with Gasteiger partial charge in [0.15, 0.2) is 11.6 Å². The fraction of sp³-hybridized carbons (Fsp3) is 0.533. The molecule has 0 saturated heterocycles. The second-order valence-corrected chi connectivity index (χ2v) is 10.3. The highest BCUT2D eigenvalue weighted by Gasteiger charge is 2.30. The fourth-order valence-corrected chi connectivity index (χ4v) is 6.16. The highest BCUT2D eigenvalue weighted by atomic mass is 19.2. The summed E-state index contributed by atoms with van der Waals surface area (Å²) in [4.78, 5) is 0. The number of benzene rings is 2. The Bertz CT molecular complexity index is 853. The fourth-order valence-electron chi connectivity index (χ4n) is 6.16. The van der Waals surface area contributed by atoms with Gasteiger partial charge in [-0.2, -0.15) is 0 Å². The standard InChI is InChI=1S/C30H38F2/c1-2-3-4-22-7-13-25(14-8-22)26-15-9-23(10-16-26)5-6-24-11-17-27(18-12-24)28-19-20-29(31)30(32)21-28/h2,11-12,17-23,25-26H,1,3-10,13-16H2. The summed E-state index contributed by atoms with van der Waals surface area (Å²) in [5.41, 5.74) is 3.01. The van der Waals surface area contributed by atoms with Crippen LogP contribution in [-0.2, 0) is 6.42 Å². The van der Waals surface area contributed by atoms with Crippen LogP contribution in [0.4, 0.5) is 8.78 Å². The molecule has 2 saturated carbocycles. The molecule has 4 rings (SSSR count).